The molecule has 0 spiro atoms. The van der Waals surface area contributed by atoms with Crippen molar-refractivity contribution in [2.45, 2.75) is 24.7 Å². The van der Waals surface area contributed by atoms with Gasteiger partial charge in [0, 0.05) is 23.5 Å². The number of carbonyl (C=O) groups excluding carboxylic acids is 1. The van der Waals surface area contributed by atoms with Crippen LogP contribution in [0, 0.1) is 11.7 Å². The highest BCUT2D eigenvalue weighted by Gasteiger charge is 2.21. The Balaban J connectivity index is 2.11. The molecule has 1 heterocycles. The second-order valence-corrected chi connectivity index (χ2v) is 5.12. The van der Waals surface area contributed by atoms with Crippen LogP contribution in [0.3, 0.4) is 0 Å². The van der Waals surface area contributed by atoms with Crippen molar-refractivity contribution >= 4 is 18.5 Å². The summed E-state index contributed by atoms with van der Waals surface area (Å²) in [7, 11) is 0. The SMILES string of the molecule is CC1CCN(C(=O)c2ccc(F)c(S)c2)CC1. The predicted octanol–water partition coefficient (Wildman–Crippen LogP) is 2.99. The van der Waals surface area contributed by atoms with E-state index in [0.29, 0.717) is 11.5 Å². The van der Waals surface area contributed by atoms with Crippen molar-refractivity contribution in [2.24, 2.45) is 5.92 Å². The number of likely N-dealkylation sites (tertiary alicyclic amines) is 1. The molecule has 0 saturated carbocycles. The first-order valence-corrected chi connectivity index (χ1v) is 6.30. The van der Waals surface area contributed by atoms with Gasteiger partial charge in [-0.05, 0) is 37.0 Å². The van der Waals surface area contributed by atoms with Gasteiger partial charge in [0.05, 0.1) is 0 Å². The predicted molar refractivity (Wildman–Crippen MR) is 68.0 cm³/mol. The number of carbonyl (C=O) groups is 1. The van der Waals surface area contributed by atoms with E-state index in [1.807, 2.05) is 4.90 Å². The molecule has 0 atom stereocenters. The fraction of sp³-hybridized carbons (Fsp3) is 0.462. The zero-order chi connectivity index (χ0) is 12.4. The van der Waals surface area contributed by atoms with E-state index < -0.39 is 5.82 Å². The first-order valence-electron chi connectivity index (χ1n) is 5.85. The number of halogens is 1. The van der Waals surface area contributed by atoms with Crippen molar-refractivity contribution in [3.05, 3.63) is 29.6 Å². The van der Waals surface area contributed by atoms with Crippen molar-refractivity contribution in [1.29, 1.82) is 0 Å². The van der Waals surface area contributed by atoms with Gasteiger partial charge >= 0.3 is 0 Å². The molecule has 2 nitrogen and oxygen atoms in total. The Bertz CT molecular complexity index is 427. The summed E-state index contributed by atoms with van der Waals surface area (Å²) < 4.78 is 13.1. The van der Waals surface area contributed by atoms with E-state index in [0.717, 1.165) is 25.9 Å². The van der Waals surface area contributed by atoms with E-state index in [4.69, 9.17) is 0 Å². The van der Waals surface area contributed by atoms with Crippen LogP contribution in [0.25, 0.3) is 0 Å². The van der Waals surface area contributed by atoms with Crippen LogP contribution in [0.1, 0.15) is 30.1 Å². The van der Waals surface area contributed by atoms with Crippen molar-refractivity contribution in [3.63, 3.8) is 0 Å². The lowest BCUT2D eigenvalue weighted by atomic mass is 9.98. The van der Waals surface area contributed by atoms with Gasteiger partial charge in [0.2, 0.25) is 0 Å². The molecule has 0 N–H and O–H groups in total. The highest BCUT2D eigenvalue weighted by atomic mass is 32.1. The lowest BCUT2D eigenvalue weighted by molar-refractivity contribution is 0.0697. The lowest BCUT2D eigenvalue weighted by Crippen LogP contribution is -2.37. The fourth-order valence-corrected chi connectivity index (χ4v) is 2.25. The van der Waals surface area contributed by atoms with Gasteiger partial charge in [-0.15, -0.1) is 12.6 Å². The molecule has 1 fully saturated rings. The van der Waals surface area contributed by atoms with Gasteiger partial charge in [-0.1, -0.05) is 6.92 Å². The van der Waals surface area contributed by atoms with Crippen LogP contribution in [-0.2, 0) is 0 Å². The normalized spacial score (nSPS) is 17.2. The molecule has 0 unspecified atom stereocenters. The topological polar surface area (TPSA) is 20.3 Å². The largest absolute Gasteiger partial charge is 0.339 e. The number of piperidine rings is 1. The molecular formula is C13H16FNOS. The minimum absolute atomic E-state index is 0.0211. The molecule has 2 rings (SSSR count). The number of hydrogen-bond acceptors (Lipinski definition) is 2. The zero-order valence-corrected chi connectivity index (χ0v) is 10.7. The lowest BCUT2D eigenvalue weighted by Gasteiger charge is -2.30. The third-order valence-electron chi connectivity index (χ3n) is 3.26. The summed E-state index contributed by atoms with van der Waals surface area (Å²) in [5.74, 6) is 0.275. The maximum atomic E-state index is 13.1. The summed E-state index contributed by atoms with van der Waals surface area (Å²) >= 11 is 3.99. The zero-order valence-electron chi connectivity index (χ0n) is 9.82. The molecule has 1 saturated heterocycles. The van der Waals surface area contributed by atoms with E-state index in [-0.39, 0.29) is 10.8 Å². The molecular weight excluding hydrogens is 237 g/mol. The van der Waals surface area contributed by atoms with Gasteiger partial charge in [-0.25, -0.2) is 4.39 Å². The molecule has 1 aromatic rings. The monoisotopic (exact) mass is 253 g/mol. The Morgan fingerprint density at radius 1 is 1.41 bits per heavy atom. The first-order chi connectivity index (χ1) is 8.08. The number of benzene rings is 1. The first kappa shape index (κ1) is 12.4. The summed E-state index contributed by atoms with van der Waals surface area (Å²) in [5, 5.41) is 0. The van der Waals surface area contributed by atoms with Gasteiger partial charge in [-0.2, -0.15) is 0 Å². The smallest absolute Gasteiger partial charge is 0.253 e. The van der Waals surface area contributed by atoms with E-state index in [1.165, 1.54) is 18.2 Å². The van der Waals surface area contributed by atoms with Crippen LogP contribution in [0.5, 0.6) is 0 Å². The van der Waals surface area contributed by atoms with E-state index >= 15 is 0 Å². The molecule has 1 aliphatic heterocycles. The molecule has 0 aliphatic carbocycles. The molecule has 17 heavy (non-hydrogen) atoms. The second-order valence-electron chi connectivity index (χ2n) is 4.64. The number of thiol groups is 1. The molecule has 4 heteroatoms. The summed E-state index contributed by atoms with van der Waals surface area (Å²) in [6.07, 6.45) is 2.08. The van der Waals surface area contributed by atoms with Gasteiger partial charge < -0.3 is 4.90 Å². The van der Waals surface area contributed by atoms with Crippen LogP contribution >= 0.6 is 12.6 Å². The number of amides is 1. The Morgan fingerprint density at radius 3 is 2.65 bits per heavy atom. The third-order valence-corrected chi connectivity index (χ3v) is 3.61. The molecule has 0 aromatic heterocycles. The quantitative estimate of drug-likeness (QED) is 0.763. The van der Waals surface area contributed by atoms with Crippen LogP contribution < -0.4 is 0 Å². The molecule has 1 aromatic carbocycles. The Morgan fingerprint density at radius 2 is 2.06 bits per heavy atom. The van der Waals surface area contributed by atoms with Gasteiger partial charge in [-0.3, -0.25) is 4.79 Å². The fourth-order valence-electron chi connectivity index (χ4n) is 2.04. The summed E-state index contributed by atoms with van der Waals surface area (Å²) in [6, 6.07) is 4.32. The summed E-state index contributed by atoms with van der Waals surface area (Å²) in [5.41, 5.74) is 0.519. The molecule has 0 bridgehead atoms. The number of rotatable bonds is 1. The second kappa shape index (κ2) is 5.08. The maximum Gasteiger partial charge on any atom is 0.253 e. The number of nitrogens with zero attached hydrogens (tertiary/aromatic N) is 1. The average Bonchev–Trinajstić information content (AvgIpc) is 2.33. The van der Waals surface area contributed by atoms with Gasteiger partial charge in [0.25, 0.3) is 5.91 Å². The molecule has 1 amide bonds. The molecule has 1 aliphatic rings. The standard InChI is InChI=1S/C13H16FNOS/c1-9-4-6-15(7-5-9)13(16)10-2-3-11(14)12(17)8-10/h2-3,8-9,17H,4-7H2,1H3. The van der Waals surface area contributed by atoms with E-state index in [2.05, 4.69) is 19.6 Å². The summed E-state index contributed by atoms with van der Waals surface area (Å²) in [4.78, 5) is 14.2. The highest BCUT2D eigenvalue weighted by molar-refractivity contribution is 7.80. The van der Waals surface area contributed by atoms with Gasteiger partial charge in [0.1, 0.15) is 5.82 Å². The molecule has 0 radical (unpaired) electrons. The van der Waals surface area contributed by atoms with Crippen LogP contribution in [0.2, 0.25) is 0 Å². The van der Waals surface area contributed by atoms with E-state index in [9.17, 15) is 9.18 Å². The third kappa shape index (κ3) is 2.80. The maximum absolute atomic E-state index is 13.1. The van der Waals surface area contributed by atoms with Crippen molar-refractivity contribution in [2.75, 3.05) is 13.1 Å². The van der Waals surface area contributed by atoms with Crippen LogP contribution in [-0.4, -0.2) is 23.9 Å². The number of hydrogen-bond donors (Lipinski definition) is 1. The van der Waals surface area contributed by atoms with Crippen molar-refractivity contribution < 1.29 is 9.18 Å². The van der Waals surface area contributed by atoms with Crippen molar-refractivity contribution in [3.8, 4) is 0 Å². The Labute approximate surface area is 106 Å². The summed E-state index contributed by atoms with van der Waals surface area (Å²) in [6.45, 7) is 3.78. The molecule has 92 valence electrons. The highest BCUT2D eigenvalue weighted by Crippen LogP contribution is 2.20. The van der Waals surface area contributed by atoms with Gasteiger partial charge in [0.15, 0.2) is 0 Å². The average molecular weight is 253 g/mol. The minimum Gasteiger partial charge on any atom is -0.339 e. The Kier molecular flexibility index (Phi) is 3.72. The van der Waals surface area contributed by atoms with Crippen LogP contribution in [0.4, 0.5) is 4.39 Å². The Hall–Kier alpha value is -1.03. The van der Waals surface area contributed by atoms with Crippen LogP contribution in [0.15, 0.2) is 23.1 Å². The van der Waals surface area contributed by atoms with E-state index in [1.54, 1.807) is 0 Å². The minimum atomic E-state index is -0.392. The van der Waals surface area contributed by atoms with Crippen molar-refractivity contribution in [1.82, 2.24) is 4.90 Å².